The van der Waals surface area contributed by atoms with E-state index in [0.717, 1.165) is 57.8 Å². The van der Waals surface area contributed by atoms with Crippen molar-refractivity contribution >= 4 is 5.91 Å². The molecule has 324 valence electrons. The van der Waals surface area contributed by atoms with Gasteiger partial charge in [0.25, 0.3) is 0 Å². The number of aliphatic hydroxyl groups excluding tert-OH is 2. The highest BCUT2D eigenvalue weighted by Gasteiger charge is 2.17. The molecule has 2 unspecified atom stereocenters. The SMILES string of the molecule is CC/C=C\C/C=C\C/C=C\C/C=C\CCCCCCCCCCCCCCCCCCCCCCCCC(=O)NC(CO)C(O)/C=C/CC/C=C/CCCCC. The van der Waals surface area contributed by atoms with Gasteiger partial charge in [0.15, 0.2) is 0 Å². The van der Waals surface area contributed by atoms with Crippen molar-refractivity contribution in [2.24, 2.45) is 0 Å². The van der Waals surface area contributed by atoms with Crippen LogP contribution in [0.2, 0.25) is 0 Å². The minimum Gasteiger partial charge on any atom is -0.394 e. The largest absolute Gasteiger partial charge is 0.394 e. The van der Waals surface area contributed by atoms with Crippen molar-refractivity contribution in [2.75, 3.05) is 6.61 Å². The average molecular weight is 780 g/mol. The molecule has 0 saturated heterocycles. The van der Waals surface area contributed by atoms with E-state index in [1.165, 1.54) is 154 Å². The Bertz CT molecular complexity index is 977. The quantitative estimate of drug-likeness (QED) is 0.0426. The van der Waals surface area contributed by atoms with Crippen molar-refractivity contribution in [1.82, 2.24) is 5.32 Å². The fraction of sp³-hybridized carbons (Fsp3) is 0.750. The second-order valence-corrected chi connectivity index (χ2v) is 16.1. The van der Waals surface area contributed by atoms with Crippen molar-refractivity contribution in [3.8, 4) is 0 Å². The van der Waals surface area contributed by atoms with Gasteiger partial charge in [-0.2, -0.15) is 0 Å². The normalized spacial score (nSPS) is 13.6. The van der Waals surface area contributed by atoms with Gasteiger partial charge in [0.2, 0.25) is 5.91 Å². The summed E-state index contributed by atoms with van der Waals surface area (Å²) in [6.07, 6.45) is 67.7. The van der Waals surface area contributed by atoms with Gasteiger partial charge in [-0.15, -0.1) is 0 Å². The number of nitrogens with one attached hydrogen (secondary N) is 1. The number of aliphatic hydroxyl groups is 2. The fourth-order valence-corrected chi connectivity index (χ4v) is 7.01. The van der Waals surface area contributed by atoms with Gasteiger partial charge in [-0.05, 0) is 70.6 Å². The highest BCUT2D eigenvalue weighted by atomic mass is 16.3. The van der Waals surface area contributed by atoms with Crippen LogP contribution in [0, 0.1) is 0 Å². The van der Waals surface area contributed by atoms with Gasteiger partial charge in [-0.1, -0.05) is 228 Å². The van der Waals surface area contributed by atoms with Crippen LogP contribution < -0.4 is 5.32 Å². The molecule has 0 rings (SSSR count). The molecule has 1 amide bonds. The van der Waals surface area contributed by atoms with Crippen molar-refractivity contribution in [3.63, 3.8) is 0 Å². The van der Waals surface area contributed by atoms with Gasteiger partial charge in [-0.3, -0.25) is 4.79 Å². The molecule has 0 spiro atoms. The summed E-state index contributed by atoms with van der Waals surface area (Å²) in [6.45, 7) is 4.13. The van der Waals surface area contributed by atoms with Crippen LogP contribution in [-0.2, 0) is 4.79 Å². The summed E-state index contributed by atoms with van der Waals surface area (Å²) in [5.74, 6) is -0.0760. The van der Waals surface area contributed by atoms with Crippen molar-refractivity contribution in [2.45, 2.75) is 244 Å². The van der Waals surface area contributed by atoms with Gasteiger partial charge in [0, 0.05) is 6.42 Å². The topological polar surface area (TPSA) is 69.6 Å². The maximum absolute atomic E-state index is 12.3. The highest BCUT2D eigenvalue weighted by Crippen LogP contribution is 2.16. The maximum Gasteiger partial charge on any atom is 0.220 e. The Labute approximate surface area is 349 Å². The fourth-order valence-electron chi connectivity index (χ4n) is 7.01. The molecule has 0 aliphatic carbocycles. The van der Waals surface area contributed by atoms with Crippen LogP contribution in [0.4, 0.5) is 0 Å². The lowest BCUT2D eigenvalue weighted by Gasteiger charge is -2.19. The highest BCUT2D eigenvalue weighted by molar-refractivity contribution is 5.76. The second-order valence-electron chi connectivity index (χ2n) is 16.1. The number of hydrogen-bond donors (Lipinski definition) is 3. The summed E-state index contributed by atoms with van der Waals surface area (Å²) in [6, 6.07) is -0.637. The van der Waals surface area contributed by atoms with Crippen molar-refractivity contribution in [1.29, 1.82) is 0 Å². The van der Waals surface area contributed by atoms with Crippen LogP contribution in [0.25, 0.3) is 0 Å². The lowest BCUT2D eigenvalue weighted by molar-refractivity contribution is -0.123. The van der Waals surface area contributed by atoms with Crippen LogP contribution in [0.1, 0.15) is 232 Å². The van der Waals surface area contributed by atoms with Crippen LogP contribution in [0.3, 0.4) is 0 Å². The van der Waals surface area contributed by atoms with E-state index in [2.05, 4.69) is 79.9 Å². The molecule has 0 aromatic carbocycles. The number of unbranched alkanes of at least 4 members (excludes halogenated alkanes) is 26. The molecule has 0 saturated carbocycles. The number of hydrogen-bond acceptors (Lipinski definition) is 3. The molecule has 4 nitrogen and oxygen atoms in total. The molecule has 56 heavy (non-hydrogen) atoms. The van der Waals surface area contributed by atoms with E-state index in [1.807, 2.05) is 6.08 Å². The minimum absolute atomic E-state index is 0.0760. The molecule has 0 fully saturated rings. The predicted octanol–water partition coefficient (Wildman–Crippen LogP) is 15.5. The molecule has 2 atom stereocenters. The van der Waals surface area contributed by atoms with E-state index in [9.17, 15) is 15.0 Å². The minimum atomic E-state index is -0.860. The first-order chi connectivity index (χ1) is 27.7. The van der Waals surface area contributed by atoms with Gasteiger partial charge >= 0.3 is 0 Å². The molecule has 0 radical (unpaired) electrons. The summed E-state index contributed by atoms with van der Waals surface area (Å²) in [4.78, 5) is 12.3. The molecule has 0 aliphatic heterocycles. The van der Waals surface area contributed by atoms with E-state index in [-0.39, 0.29) is 12.5 Å². The summed E-state index contributed by atoms with van der Waals surface area (Å²) < 4.78 is 0. The monoisotopic (exact) mass is 780 g/mol. The third-order valence-electron chi connectivity index (χ3n) is 10.7. The maximum atomic E-state index is 12.3. The lowest BCUT2D eigenvalue weighted by atomic mass is 10.0. The Kier molecular flexibility index (Phi) is 45.4. The first kappa shape index (κ1) is 53.8. The average Bonchev–Trinajstić information content (AvgIpc) is 3.20. The second kappa shape index (κ2) is 47.2. The number of rotatable bonds is 43. The van der Waals surface area contributed by atoms with Crippen LogP contribution in [0.15, 0.2) is 72.9 Å². The Morgan fingerprint density at radius 1 is 0.446 bits per heavy atom. The first-order valence-electron chi connectivity index (χ1n) is 24.2. The third kappa shape index (κ3) is 43.0. The summed E-state index contributed by atoms with van der Waals surface area (Å²) >= 11 is 0. The Morgan fingerprint density at radius 2 is 0.804 bits per heavy atom. The third-order valence-corrected chi connectivity index (χ3v) is 10.7. The molecule has 4 heteroatoms. The molecule has 0 bridgehead atoms. The van der Waals surface area contributed by atoms with Gasteiger partial charge in [-0.25, -0.2) is 0 Å². The van der Waals surface area contributed by atoms with Crippen molar-refractivity contribution < 1.29 is 15.0 Å². The van der Waals surface area contributed by atoms with Gasteiger partial charge in [0.1, 0.15) is 0 Å². The summed E-state index contributed by atoms with van der Waals surface area (Å²) in [5, 5.41) is 22.9. The zero-order valence-corrected chi connectivity index (χ0v) is 37.1. The van der Waals surface area contributed by atoms with E-state index >= 15 is 0 Å². The van der Waals surface area contributed by atoms with Gasteiger partial charge in [0.05, 0.1) is 18.8 Å². The van der Waals surface area contributed by atoms with E-state index < -0.39 is 12.1 Å². The Morgan fingerprint density at radius 3 is 1.25 bits per heavy atom. The molecule has 3 N–H and O–H groups in total. The zero-order chi connectivity index (χ0) is 40.7. The number of amides is 1. The number of carbonyl (C=O) groups excluding carboxylic acids is 1. The lowest BCUT2D eigenvalue weighted by Crippen LogP contribution is -2.45. The first-order valence-corrected chi connectivity index (χ1v) is 24.2. The predicted molar refractivity (Wildman–Crippen MR) is 248 cm³/mol. The summed E-state index contributed by atoms with van der Waals surface area (Å²) in [7, 11) is 0. The Balaban J connectivity index is 3.42. The van der Waals surface area contributed by atoms with Crippen molar-refractivity contribution in [3.05, 3.63) is 72.9 Å². The van der Waals surface area contributed by atoms with Crippen LogP contribution in [-0.4, -0.2) is 34.9 Å². The molecular formula is C52H93NO3. The summed E-state index contributed by atoms with van der Waals surface area (Å²) in [5.41, 5.74) is 0. The zero-order valence-electron chi connectivity index (χ0n) is 37.1. The standard InChI is InChI=1S/C52H93NO3/c1-3-5-7-9-11-13-14-15-16-17-18-19-20-21-22-23-24-25-26-27-28-29-30-31-32-33-34-35-36-37-38-40-42-44-46-48-52(56)53-50(49-54)51(55)47-45-43-41-39-12-10-8-6-4-2/h5,7,11-13,15-16,18-19,39,45,47,50-51,54-55H,3-4,6,8-10,14,17,20-38,40-44,46,48-49H2,1-2H3,(H,53,56)/b7-5-,13-11-,16-15-,19-18-,39-12+,47-45+. The molecule has 0 aromatic heterocycles. The van der Waals surface area contributed by atoms with E-state index in [0.29, 0.717) is 6.42 Å². The smallest absolute Gasteiger partial charge is 0.220 e. The van der Waals surface area contributed by atoms with E-state index in [4.69, 9.17) is 0 Å². The number of allylic oxidation sites excluding steroid dienone is 11. The molecular weight excluding hydrogens is 687 g/mol. The van der Waals surface area contributed by atoms with Crippen LogP contribution >= 0.6 is 0 Å². The van der Waals surface area contributed by atoms with Crippen LogP contribution in [0.5, 0.6) is 0 Å². The van der Waals surface area contributed by atoms with Gasteiger partial charge < -0.3 is 15.5 Å². The Hall–Kier alpha value is -2.17. The van der Waals surface area contributed by atoms with E-state index in [1.54, 1.807) is 6.08 Å². The molecule has 0 aliphatic rings. The molecule has 0 heterocycles. The molecule has 0 aromatic rings. The number of carbonyl (C=O) groups is 1.